The Kier molecular flexibility index (Phi) is 3.67. The van der Waals surface area contributed by atoms with Crippen LogP contribution in [0.3, 0.4) is 0 Å². The van der Waals surface area contributed by atoms with Crippen molar-refractivity contribution in [2.45, 2.75) is 32.0 Å². The molecule has 4 heteroatoms. The molecule has 166 valence electrons. The highest BCUT2D eigenvalue weighted by atomic mass is 28.3. The van der Waals surface area contributed by atoms with Crippen molar-refractivity contribution in [3.05, 3.63) is 89.1 Å². The van der Waals surface area contributed by atoms with Crippen LogP contribution in [0.1, 0.15) is 27.7 Å². The third-order valence-corrected chi connectivity index (χ3v) is 8.44. The Hall–Kier alpha value is -3.68. The number of hydrogen-bond acceptors (Lipinski definition) is 2. The minimum atomic E-state index is -3.11. The van der Waals surface area contributed by atoms with E-state index in [2.05, 4.69) is 12.1 Å². The van der Waals surface area contributed by atoms with Crippen molar-refractivity contribution in [2.75, 3.05) is 0 Å². The van der Waals surface area contributed by atoms with Gasteiger partial charge >= 0.3 is 0 Å². The van der Waals surface area contributed by atoms with E-state index in [1.165, 1.54) is 0 Å². The summed E-state index contributed by atoms with van der Waals surface area (Å²) >= 11 is 0. The topological polar surface area (TPSA) is 40.8 Å². The molecule has 6 rings (SSSR count). The van der Waals surface area contributed by atoms with Gasteiger partial charge in [0.25, 0.3) is 0 Å². The molecule has 0 N–H and O–H groups in total. The first-order valence-corrected chi connectivity index (χ1v) is 14.4. The third kappa shape index (κ3) is 3.04. The molecule has 0 aliphatic carbocycles. The van der Waals surface area contributed by atoms with E-state index in [4.69, 9.17) is 9.90 Å². The first kappa shape index (κ1) is 16.9. The predicted molar refractivity (Wildman–Crippen MR) is 140 cm³/mol. The van der Waals surface area contributed by atoms with E-state index in [-0.39, 0.29) is 0 Å². The van der Waals surface area contributed by atoms with Crippen molar-refractivity contribution < 1.29 is 14.5 Å². The van der Waals surface area contributed by atoms with Gasteiger partial charge in [0.1, 0.15) is 18.2 Å². The maximum absolute atomic E-state index is 10.2. The highest BCUT2D eigenvalue weighted by molar-refractivity contribution is 6.77. The molecule has 2 aromatic heterocycles. The number of aromatic nitrogens is 1. The maximum atomic E-state index is 10.2. The second-order valence-corrected chi connectivity index (χ2v) is 13.3. The lowest BCUT2D eigenvalue weighted by molar-refractivity contribution is -0.660. The number of rotatable bonds is 2. The molecule has 0 radical (unpaired) electrons. The van der Waals surface area contributed by atoms with Crippen LogP contribution in [0.15, 0.2) is 71.3 Å². The summed E-state index contributed by atoms with van der Waals surface area (Å²) in [7, 11) is -1.12. The van der Waals surface area contributed by atoms with Crippen LogP contribution in [0.25, 0.3) is 44.3 Å². The van der Waals surface area contributed by atoms with E-state index in [0.29, 0.717) is 39.0 Å². The Morgan fingerprint density at radius 3 is 2.47 bits per heavy atom. The van der Waals surface area contributed by atoms with Crippen molar-refractivity contribution in [1.82, 2.24) is 0 Å². The molecule has 0 saturated heterocycles. The van der Waals surface area contributed by atoms with Gasteiger partial charge in [-0.1, -0.05) is 43.4 Å². The van der Waals surface area contributed by atoms with Crippen molar-refractivity contribution in [3.8, 4) is 28.5 Å². The summed E-state index contributed by atoms with van der Waals surface area (Å²) in [5.41, 5.74) is 6.37. The van der Waals surface area contributed by atoms with E-state index in [9.17, 15) is 5.26 Å². The molecular formula is C30H27N2OSi+. The average molecular weight is 464 g/mol. The van der Waals surface area contributed by atoms with Gasteiger partial charge in [-0.3, -0.25) is 0 Å². The Balaban J connectivity index is 1.76. The van der Waals surface area contributed by atoms with Gasteiger partial charge in [0.2, 0.25) is 5.69 Å². The smallest absolute Gasteiger partial charge is 0.216 e. The molecule has 3 nitrogen and oxygen atoms in total. The van der Waals surface area contributed by atoms with Gasteiger partial charge in [-0.15, -0.1) is 0 Å². The zero-order chi connectivity index (χ0) is 27.2. The van der Waals surface area contributed by atoms with Crippen LogP contribution >= 0.6 is 0 Å². The minimum absolute atomic E-state index is 0.344. The van der Waals surface area contributed by atoms with Crippen LogP contribution in [0.4, 0.5) is 0 Å². The Labute approximate surface area is 206 Å². The first-order chi connectivity index (χ1) is 17.9. The standard InChI is InChI=1S/C30H27N2OSi/c1-19-11-13-23-24-14-12-20(16-31)28(22-9-7-8-21-17-34(3,4)18-25(21)22)30(24)33-29(23)27(19)26-10-5-6-15-32(26)2/h5-15H,17-18H2,1-4H3/q+1/i17D2,18D2. The summed E-state index contributed by atoms with van der Waals surface area (Å²) in [5, 5.41) is 11.9. The van der Waals surface area contributed by atoms with Gasteiger partial charge in [-0.25, -0.2) is 4.57 Å². The van der Waals surface area contributed by atoms with Gasteiger partial charge in [0, 0.05) is 34.0 Å². The fourth-order valence-corrected chi connectivity index (χ4v) is 6.98. The minimum Gasteiger partial charge on any atom is -0.454 e. The Morgan fingerprint density at radius 2 is 1.71 bits per heavy atom. The number of nitriles is 1. The molecule has 0 unspecified atom stereocenters. The summed E-state index contributed by atoms with van der Waals surface area (Å²) in [6, 6.07) is 21.3. The zero-order valence-electron chi connectivity index (χ0n) is 23.7. The summed E-state index contributed by atoms with van der Waals surface area (Å²) in [6.45, 7) is 5.57. The number of aryl methyl sites for hydroxylation is 2. The first-order valence-electron chi connectivity index (χ1n) is 13.4. The Morgan fingerprint density at radius 1 is 0.941 bits per heavy atom. The number of hydrogen-bond donors (Lipinski definition) is 0. The van der Waals surface area contributed by atoms with Crippen molar-refractivity contribution >= 4 is 30.0 Å². The largest absolute Gasteiger partial charge is 0.454 e. The SMILES string of the molecule is [2H]C1([2H])c2cccc(-c3c(C#N)ccc4c3oc3c(-c5cccc[n+]5C)c(C)ccc34)c2C([2H])([2H])[Si]1(C)C. The lowest BCUT2D eigenvalue weighted by atomic mass is 9.92. The number of benzene rings is 3. The van der Waals surface area contributed by atoms with E-state index in [0.717, 1.165) is 27.6 Å². The number of furan rings is 1. The summed E-state index contributed by atoms with van der Waals surface area (Å²) in [6.07, 6.45) is 1.99. The molecule has 1 aliphatic heterocycles. The Bertz CT molecular complexity index is 1850. The van der Waals surface area contributed by atoms with Crippen molar-refractivity contribution in [3.63, 3.8) is 0 Å². The summed E-state index contributed by atoms with van der Waals surface area (Å²) < 4.78 is 44.8. The number of nitrogens with zero attached hydrogens (tertiary/aromatic N) is 2. The summed E-state index contributed by atoms with van der Waals surface area (Å²) in [5.74, 6) is -3.61. The highest BCUT2D eigenvalue weighted by Gasteiger charge is 2.33. The molecule has 0 amide bonds. The molecule has 0 bridgehead atoms. The predicted octanol–water partition coefficient (Wildman–Crippen LogP) is 6.81. The normalized spacial score (nSPS) is 19.1. The fourth-order valence-electron chi connectivity index (χ4n) is 5.14. The molecule has 34 heavy (non-hydrogen) atoms. The van der Waals surface area contributed by atoms with Crippen LogP contribution in [0, 0.1) is 18.3 Å². The van der Waals surface area contributed by atoms with Crippen LogP contribution in [-0.4, -0.2) is 8.07 Å². The molecule has 5 aromatic rings. The van der Waals surface area contributed by atoms with Crippen molar-refractivity contribution in [2.24, 2.45) is 7.05 Å². The maximum Gasteiger partial charge on any atom is 0.216 e. The zero-order valence-corrected chi connectivity index (χ0v) is 20.7. The van der Waals surface area contributed by atoms with E-state index in [1.54, 1.807) is 37.4 Å². The molecule has 1 aliphatic rings. The highest BCUT2D eigenvalue weighted by Crippen LogP contribution is 2.44. The van der Waals surface area contributed by atoms with Crippen LogP contribution in [-0.2, 0) is 19.0 Å². The van der Waals surface area contributed by atoms with E-state index >= 15 is 0 Å². The van der Waals surface area contributed by atoms with Crippen LogP contribution in [0.2, 0.25) is 13.1 Å². The van der Waals surface area contributed by atoms with Crippen LogP contribution < -0.4 is 4.57 Å². The quantitative estimate of drug-likeness (QED) is 0.213. The van der Waals surface area contributed by atoms with Gasteiger partial charge in [-0.05, 0) is 59.4 Å². The van der Waals surface area contributed by atoms with Gasteiger partial charge in [-0.2, -0.15) is 5.26 Å². The van der Waals surface area contributed by atoms with Gasteiger partial charge in [0.15, 0.2) is 6.20 Å². The van der Waals surface area contributed by atoms with Gasteiger partial charge in [0.05, 0.1) is 25.3 Å². The number of fused-ring (bicyclic) bond motifs is 4. The molecule has 0 saturated carbocycles. The van der Waals surface area contributed by atoms with Crippen molar-refractivity contribution in [1.29, 1.82) is 5.26 Å². The molecule has 3 aromatic carbocycles. The number of pyridine rings is 1. The summed E-state index contributed by atoms with van der Waals surface area (Å²) in [4.78, 5) is 0. The molecular weight excluding hydrogens is 432 g/mol. The van der Waals surface area contributed by atoms with E-state index in [1.807, 2.05) is 55.1 Å². The van der Waals surface area contributed by atoms with Gasteiger partial charge < -0.3 is 4.42 Å². The van der Waals surface area contributed by atoms with Crippen LogP contribution in [0.5, 0.6) is 0 Å². The third-order valence-electron chi connectivity index (χ3n) is 6.67. The molecule has 0 spiro atoms. The molecule has 3 heterocycles. The lowest BCUT2D eigenvalue weighted by Crippen LogP contribution is -2.30. The second kappa shape index (κ2) is 7.41. The van der Waals surface area contributed by atoms with E-state index < -0.39 is 20.1 Å². The molecule has 0 atom stereocenters. The lowest BCUT2D eigenvalue weighted by Gasteiger charge is -2.13. The monoisotopic (exact) mass is 463 g/mol. The second-order valence-electron chi connectivity index (χ2n) is 9.51. The fraction of sp³-hybridized carbons (Fsp3) is 0.200. The molecule has 0 fully saturated rings. The average Bonchev–Trinajstić information content (AvgIpc) is 3.30.